The van der Waals surface area contributed by atoms with Gasteiger partial charge in [0.25, 0.3) is 0 Å². The van der Waals surface area contributed by atoms with Gasteiger partial charge in [0.1, 0.15) is 5.82 Å². The molecule has 0 spiro atoms. The Labute approximate surface area is 121 Å². The highest BCUT2D eigenvalue weighted by molar-refractivity contribution is 5.86. The maximum Gasteiger partial charge on any atom is 0.450 e. The van der Waals surface area contributed by atoms with E-state index in [1.807, 2.05) is 0 Å². The fourth-order valence-corrected chi connectivity index (χ4v) is 1.97. The molecule has 0 saturated carbocycles. The van der Waals surface area contributed by atoms with Crippen molar-refractivity contribution in [2.24, 2.45) is 0 Å². The summed E-state index contributed by atoms with van der Waals surface area (Å²) in [5.74, 6) is -0.941. The van der Waals surface area contributed by atoms with E-state index in [4.69, 9.17) is 4.42 Å². The number of furan rings is 1. The van der Waals surface area contributed by atoms with E-state index in [0.29, 0.717) is 17.2 Å². The summed E-state index contributed by atoms with van der Waals surface area (Å²) in [6.07, 6.45) is -4.36. The minimum atomic E-state index is -4.90. The van der Waals surface area contributed by atoms with Crippen LogP contribution in [0.2, 0.25) is 0 Å². The molecule has 0 amide bonds. The first kappa shape index (κ1) is 14.2. The predicted molar refractivity (Wildman–Crippen MR) is 68.0 cm³/mol. The van der Waals surface area contributed by atoms with Crippen LogP contribution in [0, 0.1) is 6.92 Å². The molecular weight excluding hydrogens is 301 g/mol. The van der Waals surface area contributed by atoms with Crippen molar-refractivity contribution in [1.82, 2.24) is 19.6 Å². The van der Waals surface area contributed by atoms with Gasteiger partial charge in [-0.15, -0.1) is 5.10 Å². The molecule has 0 aliphatic rings. The van der Waals surface area contributed by atoms with Gasteiger partial charge in [-0.1, -0.05) is 0 Å². The van der Waals surface area contributed by atoms with Crippen LogP contribution < -0.4 is 0 Å². The molecule has 3 aromatic heterocycles. The van der Waals surface area contributed by atoms with Gasteiger partial charge in [-0.2, -0.15) is 17.7 Å². The summed E-state index contributed by atoms with van der Waals surface area (Å²) in [5.41, 5.74) is 0.248. The summed E-state index contributed by atoms with van der Waals surface area (Å²) in [5, 5.41) is 4.11. The van der Waals surface area contributed by atoms with Crippen molar-refractivity contribution in [1.29, 1.82) is 0 Å². The Kier molecular flexibility index (Phi) is 3.19. The van der Waals surface area contributed by atoms with Crippen LogP contribution in [-0.4, -0.2) is 31.5 Å². The van der Waals surface area contributed by atoms with Crippen LogP contribution in [-0.2, 0) is 11.2 Å². The average Bonchev–Trinajstić information content (AvgIpc) is 3.04. The Bertz CT molecular complexity index is 837. The largest absolute Gasteiger partial charge is 0.461 e. The van der Waals surface area contributed by atoms with Gasteiger partial charge >= 0.3 is 6.18 Å². The van der Waals surface area contributed by atoms with Gasteiger partial charge in [-0.3, -0.25) is 4.79 Å². The molecule has 0 aromatic carbocycles. The lowest BCUT2D eigenvalue weighted by atomic mass is 10.2. The minimum absolute atomic E-state index is 0.0476. The standard InChI is InChI=1S/C13H9F3N4O2/c1-7-17-11-6-8(5-10(21)13(14,15)16)18-12(20(11)19-7)9-3-2-4-22-9/h2-4,6H,5H2,1H3. The van der Waals surface area contributed by atoms with Gasteiger partial charge in [0.2, 0.25) is 5.78 Å². The summed E-state index contributed by atoms with van der Waals surface area (Å²) in [4.78, 5) is 19.3. The number of halogens is 3. The van der Waals surface area contributed by atoms with Crippen LogP contribution in [0.4, 0.5) is 13.2 Å². The van der Waals surface area contributed by atoms with E-state index in [2.05, 4.69) is 15.1 Å². The van der Waals surface area contributed by atoms with E-state index in [1.54, 1.807) is 19.1 Å². The van der Waals surface area contributed by atoms with Crippen LogP contribution in [0.3, 0.4) is 0 Å². The molecule has 6 nitrogen and oxygen atoms in total. The summed E-state index contributed by atoms with van der Waals surface area (Å²) in [6.45, 7) is 1.64. The van der Waals surface area contributed by atoms with E-state index in [9.17, 15) is 18.0 Å². The highest BCUT2D eigenvalue weighted by atomic mass is 19.4. The lowest BCUT2D eigenvalue weighted by Crippen LogP contribution is -2.25. The first-order valence-electron chi connectivity index (χ1n) is 6.22. The Morgan fingerprint density at radius 3 is 2.77 bits per heavy atom. The van der Waals surface area contributed by atoms with Gasteiger partial charge in [0.05, 0.1) is 18.4 Å². The van der Waals surface area contributed by atoms with Crippen molar-refractivity contribution in [2.45, 2.75) is 19.5 Å². The lowest BCUT2D eigenvalue weighted by Gasteiger charge is -2.07. The molecule has 22 heavy (non-hydrogen) atoms. The smallest absolute Gasteiger partial charge is 0.450 e. The molecule has 0 bridgehead atoms. The van der Waals surface area contributed by atoms with Crippen LogP contribution in [0.15, 0.2) is 28.9 Å². The molecule has 0 aliphatic carbocycles. The number of Topliss-reactive ketones (excluding diaryl/α,β-unsaturated/α-hetero) is 1. The molecule has 3 rings (SSSR count). The third-order valence-corrected chi connectivity index (χ3v) is 2.88. The number of ketones is 1. The second kappa shape index (κ2) is 4.93. The number of aryl methyl sites for hydroxylation is 1. The van der Waals surface area contributed by atoms with Crippen molar-refractivity contribution in [3.63, 3.8) is 0 Å². The molecule has 0 unspecified atom stereocenters. The van der Waals surface area contributed by atoms with Crippen molar-refractivity contribution in [3.8, 4) is 11.6 Å². The van der Waals surface area contributed by atoms with Crippen LogP contribution in [0.5, 0.6) is 0 Å². The topological polar surface area (TPSA) is 73.3 Å². The molecule has 0 N–H and O–H groups in total. The number of fused-ring (bicyclic) bond motifs is 1. The lowest BCUT2D eigenvalue weighted by molar-refractivity contribution is -0.170. The van der Waals surface area contributed by atoms with E-state index in [-0.39, 0.29) is 11.5 Å². The fraction of sp³-hybridized carbons (Fsp3) is 0.231. The Morgan fingerprint density at radius 2 is 2.14 bits per heavy atom. The first-order valence-corrected chi connectivity index (χ1v) is 6.22. The summed E-state index contributed by atoms with van der Waals surface area (Å²) < 4.78 is 43.8. The maximum absolute atomic E-state index is 12.4. The molecule has 0 fully saturated rings. The van der Waals surface area contributed by atoms with Crippen molar-refractivity contribution in [3.05, 3.63) is 36.0 Å². The molecule has 0 aliphatic heterocycles. The molecule has 3 aromatic rings. The predicted octanol–water partition coefficient (Wildman–Crippen LogP) is 2.37. The molecule has 114 valence electrons. The summed E-state index contributed by atoms with van der Waals surface area (Å²) >= 11 is 0. The number of rotatable bonds is 3. The Balaban J connectivity index is 2.11. The SMILES string of the molecule is Cc1nc2cc(CC(=O)C(F)(F)F)nc(-c3ccco3)n2n1. The molecule has 0 radical (unpaired) electrons. The highest BCUT2D eigenvalue weighted by Crippen LogP contribution is 2.22. The number of alkyl halides is 3. The molecule has 0 saturated heterocycles. The molecule has 0 atom stereocenters. The monoisotopic (exact) mass is 310 g/mol. The van der Waals surface area contributed by atoms with Gasteiger partial charge in [0, 0.05) is 6.07 Å². The van der Waals surface area contributed by atoms with Crippen LogP contribution >= 0.6 is 0 Å². The summed E-state index contributed by atoms with van der Waals surface area (Å²) in [7, 11) is 0. The maximum atomic E-state index is 12.4. The number of carbonyl (C=O) groups excluding carboxylic acids is 1. The van der Waals surface area contributed by atoms with Gasteiger partial charge < -0.3 is 4.42 Å². The second-order valence-electron chi connectivity index (χ2n) is 4.58. The second-order valence-corrected chi connectivity index (χ2v) is 4.58. The Hall–Kier alpha value is -2.71. The molecule has 3 heterocycles. The normalized spacial score (nSPS) is 12.0. The zero-order valence-electron chi connectivity index (χ0n) is 11.3. The van der Waals surface area contributed by atoms with Crippen LogP contribution in [0.25, 0.3) is 17.2 Å². The zero-order chi connectivity index (χ0) is 15.9. The van der Waals surface area contributed by atoms with Crippen molar-refractivity contribution in [2.75, 3.05) is 0 Å². The number of nitrogens with zero attached hydrogens (tertiary/aromatic N) is 4. The summed E-state index contributed by atoms with van der Waals surface area (Å²) in [6, 6.07) is 4.50. The van der Waals surface area contributed by atoms with E-state index >= 15 is 0 Å². The van der Waals surface area contributed by atoms with Crippen LogP contribution in [0.1, 0.15) is 11.5 Å². The first-order chi connectivity index (χ1) is 10.3. The fourth-order valence-electron chi connectivity index (χ4n) is 1.97. The van der Waals surface area contributed by atoms with E-state index in [1.165, 1.54) is 16.8 Å². The zero-order valence-corrected chi connectivity index (χ0v) is 11.3. The van der Waals surface area contributed by atoms with Crippen molar-refractivity contribution < 1.29 is 22.4 Å². The van der Waals surface area contributed by atoms with E-state index in [0.717, 1.165) is 0 Å². The quantitative estimate of drug-likeness (QED) is 0.742. The van der Waals surface area contributed by atoms with Gasteiger partial charge in [-0.25, -0.2) is 9.97 Å². The third-order valence-electron chi connectivity index (χ3n) is 2.88. The molecular formula is C13H9F3N4O2. The number of aromatic nitrogens is 4. The van der Waals surface area contributed by atoms with E-state index < -0.39 is 18.4 Å². The number of hydrogen-bond donors (Lipinski definition) is 0. The number of hydrogen-bond acceptors (Lipinski definition) is 5. The highest BCUT2D eigenvalue weighted by Gasteiger charge is 2.38. The minimum Gasteiger partial charge on any atom is -0.461 e. The Morgan fingerprint density at radius 1 is 1.36 bits per heavy atom. The molecule has 9 heteroatoms. The van der Waals surface area contributed by atoms with Gasteiger partial charge in [0.15, 0.2) is 17.2 Å². The van der Waals surface area contributed by atoms with Gasteiger partial charge in [-0.05, 0) is 19.1 Å². The third kappa shape index (κ3) is 2.57. The average molecular weight is 310 g/mol. The van der Waals surface area contributed by atoms with Crippen molar-refractivity contribution >= 4 is 11.4 Å². The number of carbonyl (C=O) groups is 1.